The largest absolute Gasteiger partial charge is 0.494 e. The Morgan fingerprint density at radius 2 is 0.500 bits per heavy atom. The van der Waals surface area contributed by atoms with E-state index in [0.29, 0.717) is 48.5 Å². The lowest BCUT2D eigenvalue weighted by Crippen LogP contribution is -2.13. The van der Waals surface area contributed by atoms with Crippen LogP contribution in [0.15, 0.2) is 159 Å². The van der Waals surface area contributed by atoms with Gasteiger partial charge in [-0.3, -0.25) is 19.2 Å². The lowest BCUT2D eigenvalue weighted by atomic mass is 9.97. The minimum atomic E-state index is -5.09. The van der Waals surface area contributed by atoms with E-state index in [0.717, 1.165) is 66.7 Å². The van der Waals surface area contributed by atoms with Gasteiger partial charge in [0.05, 0.1) is 124 Å². The van der Waals surface area contributed by atoms with Gasteiger partial charge in [0.15, 0.2) is 81.7 Å². The average molecular weight is 1710 g/mol. The van der Waals surface area contributed by atoms with Gasteiger partial charge in [0.25, 0.3) is 23.6 Å². The number of alkyl halides is 15. The second kappa shape index (κ2) is 29.9. The molecule has 0 saturated carbocycles. The van der Waals surface area contributed by atoms with Crippen LogP contribution in [0.2, 0.25) is 0 Å². The SMILES string of the molecule is O=C1N=C(c2c(F)c(F)c(F)c(F)c2F)c2c(O)[nH]c(-c3ccc(C(F)(F)F)cc3)c21.O=C1N=C(c2ccc(C(F)(F)F)cc2)c2c(O)[nH]c(-c3cc(F)c(F)c(F)c3)c21.O=C1N=C(c2ccc(F)cc2)c2c(O)[nH]c(-c3cc(C(F)(F)F)cc(C(F)(F)F)c3)c21.O=C1N=C(c2cccc(C(F)(F)F)c2)c2c(O)[nH]c(-c3cc(F)c(F)c(F)c3)c21. The second-order valence-electron chi connectivity index (χ2n) is 25.4. The van der Waals surface area contributed by atoms with Crippen molar-refractivity contribution in [3.05, 3.63) is 304 Å². The molecule has 616 valence electrons. The number of aliphatic imine (C=N–C) groups is 4. The average Bonchev–Trinajstić information content (AvgIpc) is 1.60. The first-order valence-corrected chi connectivity index (χ1v) is 32.7. The number of amides is 4. The van der Waals surface area contributed by atoms with Crippen LogP contribution in [0.1, 0.15) is 114 Å². The van der Waals surface area contributed by atoms with Gasteiger partial charge < -0.3 is 40.4 Å². The van der Waals surface area contributed by atoms with Crippen molar-refractivity contribution in [3.8, 4) is 68.5 Å². The summed E-state index contributed by atoms with van der Waals surface area (Å²) in [5.74, 6) is -28.4. The van der Waals surface area contributed by atoms with Gasteiger partial charge in [-0.25, -0.2) is 72.7 Å². The molecule has 8 heterocycles. The highest BCUT2D eigenvalue weighted by atomic mass is 19.4. The molecule has 12 aromatic rings. The lowest BCUT2D eigenvalue weighted by molar-refractivity contribution is -0.143. The molecule has 4 aliphatic rings. The number of carbonyl (C=O) groups excluding carboxylic acids is 4. The number of aromatic amines is 4. The summed E-state index contributed by atoms with van der Waals surface area (Å²) in [4.78, 5) is 73.3. The van der Waals surface area contributed by atoms with Crippen LogP contribution in [0.3, 0.4) is 0 Å². The number of nitrogens with one attached hydrogen (secondary N) is 4. The van der Waals surface area contributed by atoms with Crippen LogP contribution in [0, 0.1) is 69.8 Å². The zero-order chi connectivity index (χ0) is 87.7. The minimum absolute atomic E-state index is 0.0354. The van der Waals surface area contributed by atoms with Crippen molar-refractivity contribution in [2.24, 2.45) is 20.0 Å². The zero-order valence-corrected chi connectivity index (χ0v) is 57.7. The second-order valence-corrected chi connectivity index (χ2v) is 25.4. The summed E-state index contributed by atoms with van der Waals surface area (Å²) < 4.78 is 357. The van der Waals surface area contributed by atoms with Gasteiger partial charge in [-0.1, -0.05) is 36.4 Å². The molecule has 0 unspecified atom stereocenters. The van der Waals surface area contributed by atoms with Crippen molar-refractivity contribution >= 4 is 46.5 Å². The number of carbonyl (C=O) groups is 4. The smallest absolute Gasteiger partial charge is 0.416 e. The van der Waals surface area contributed by atoms with Gasteiger partial charge in [-0.15, -0.1) is 0 Å². The number of aromatic hydroxyl groups is 4. The molecule has 120 heavy (non-hydrogen) atoms. The number of hydrogen-bond acceptors (Lipinski definition) is 8. The number of fused-ring (bicyclic) bond motifs is 4. The quantitative estimate of drug-likeness (QED) is 0.0411. The molecular formula is C77H31F27N8O8. The number of rotatable bonds is 8. The number of hydrogen-bond donors (Lipinski definition) is 8. The fraction of sp³-hybridized carbons (Fsp3) is 0.0649. The molecule has 0 atom stereocenters. The Labute approximate surface area is 646 Å². The molecular weight excluding hydrogens is 1680 g/mol. The molecule has 4 aromatic heterocycles. The van der Waals surface area contributed by atoms with Crippen LogP contribution in [0.4, 0.5) is 119 Å². The van der Waals surface area contributed by atoms with E-state index >= 15 is 0 Å². The molecule has 0 spiro atoms. The van der Waals surface area contributed by atoms with E-state index in [2.05, 4.69) is 39.9 Å². The van der Waals surface area contributed by atoms with Crippen molar-refractivity contribution < 1.29 is 158 Å². The van der Waals surface area contributed by atoms with Gasteiger partial charge in [0.2, 0.25) is 5.82 Å². The van der Waals surface area contributed by atoms with E-state index in [1.807, 2.05) is 0 Å². The summed E-state index contributed by atoms with van der Waals surface area (Å²) in [6.07, 6.45) is -24.0. The van der Waals surface area contributed by atoms with Crippen molar-refractivity contribution in [1.82, 2.24) is 19.9 Å². The van der Waals surface area contributed by atoms with Gasteiger partial charge in [-0.05, 0) is 109 Å². The van der Waals surface area contributed by atoms with Gasteiger partial charge in [0.1, 0.15) is 5.82 Å². The lowest BCUT2D eigenvalue weighted by Gasteiger charge is -2.14. The number of halogens is 27. The Balaban J connectivity index is 0.000000138. The van der Waals surface area contributed by atoms with Gasteiger partial charge in [0, 0.05) is 33.4 Å². The van der Waals surface area contributed by atoms with Crippen LogP contribution in [-0.2, 0) is 30.9 Å². The van der Waals surface area contributed by atoms with Crippen molar-refractivity contribution in [3.63, 3.8) is 0 Å². The molecule has 16 rings (SSSR count). The first-order valence-electron chi connectivity index (χ1n) is 32.7. The molecule has 16 nitrogen and oxygen atoms in total. The van der Waals surface area contributed by atoms with E-state index < -0.39 is 209 Å². The highest BCUT2D eigenvalue weighted by Crippen LogP contribution is 2.47. The fourth-order valence-electron chi connectivity index (χ4n) is 12.7. The zero-order valence-electron chi connectivity index (χ0n) is 57.7. The molecule has 8 aromatic carbocycles. The Kier molecular flexibility index (Phi) is 20.8. The third kappa shape index (κ3) is 15.2. The van der Waals surface area contributed by atoms with Crippen LogP contribution < -0.4 is 0 Å². The number of benzene rings is 8. The van der Waals surface area contributed by atoms with Crippen LogP contribution in [0.5, 0.6) is 23.5 Å². The van der Waals surface area contributed by atoms with Crippen molar-refractivity contribution in [2.75, 3.05) is 0 Å². The van der Waals surface area contributed by atoms with E-state index in [4.69, 9.17) is 0 Å². The van der Waals surface area contributed by atoms with Crippen LogP contribution in [0.25, 0.3) is 45.0 Å². The predicted octanol–water partition coefficient (Wildman–Crippen LogP) is 20.3. The minimum Gasteiger partial charge on any atom is -0.494 e. The monoisotopic (exact) mass is 1710 g/mol. The Morgan fingerprint density at radius 3 is 0.833 bits per heavy atom. The Bertz CT molecular complexity index is 6370. The first kappa shape index (κ1) is 83.5. The maximum absolute atomic E-state index is 14.2. The molecule has 0 bridgehead atoms. The maximum Gasteiger partial charge on any atom is 0.416 e. The van der Waals surface area contributed by atoms with Crippen LogP contribution >= 0.6 is 0 Å². The summed E-state index contributed by atoms with van der Waals surface area (Å²) in [6, 6.07) is 18.9. The van der Waals surface area contributed by atoms with E-state index in [1.54, 1.807) is 0 Å². The van der Waals surface area contributed by atoms with Crippen molar-refractivity contribution in [1.29, 1.82) is 0 Å². The predicted molar refractivity (Wildman–Crippen MR) is 362 cm³/mol. The molecule has 0 fully saturated rings. The topological polar surface area (TPSA) is 262 Å². The summed E-state index contributed by atoms with van der Waals surface area (Å²) in [5.41, 5.74) is -13.8. The Hall–Kier alpha value is -14.5. The highest BCUT2D eigenvalue weighted by molar-refractivity contribution is 6.33. The molecule has 0 saturated heterocycles. The summed E-state index contributed by atoms with van der Waals surface area (Å²) in [7, 11) is 0. The third-order valence-electron chi connectivity index (χ3n) is 18.0. The number of aromatic nitrogens is 4. The normalized spacial score (nSPS) is 13.7. The third-order valence-corrected chi connectivity index (χ3v) is 18.0. The summed E-state index contributed by atoms with van der Waals surface area (Å²) in [5, 5.41) is 40.8. The summed E-state index contributed by atoms with van der Waals surface area (Å²) >= 11 is 0. The summed E-state index contributed by atoms with van der Waals surface area (Å²) in [6.45, 7) is 0. The number of nitrogens with zero attached hydrogens (tertiary/aromatic N) is 4. The molecule has 43 heteroatoms. The van der Waals surface area contributed by atoms with E-state index in [9.17, 15) is 158 Å². The van der Waals surface area contributed by atoms with Crippen molar-refractivity contribution in [2.45, 2.75) is 30.9 Å². The fourth-order valence-corrected chi connectivity index (χ4v) is 12.7. The maximum atomic E-state index is 14.2. The van der Waals surface area contributed by atoms with Gasteiger partial charge in [-0.2, -0.15) is 65.9 Å². The molecule has 4 aliphatic heterocycles. The molecule has 0 radical (unpaired) electrons. The van der Waals surface area contributed by atoms with Gasteiger partial charge >= 0.3 is 30.9 Å². The Morgan fingerprint density at radius 1 is 0.233 bits per heavy atom. The van der Waals surface area contributed by atoms with Crippen LogP contribution in [-0.4, -0.2) is 86.8 Å². The highest BCUT2D eigenvalue weighted by Gasteiger charge is 2.44. The van der Waals surface area contributed by atoms with E-state index in [1.165, 1.54) is 18.2 Å². The molecule has 8 N–H and O–H groups in total. The first-order chi connectivity index (χ1) is 55.9. The van der Waals surface area contributed by atoms with E-state index in [-0.39, 0.29) is 107 Å². The molecule has 4 amide bonds. The number of H-pyrrole nitrogens is 4. The standard InChI is InChI=1S/C20H9F7N2O2.C19H6F8N2O2.2C19H8F6N2O2/c21-12-3-1-8(2-4-12)15-13-14(18(31)28-15)16(29-17(13)30)9-5-10(19(22,23)24)7-11(6-9)20(25,26)27;20-10-9(11(21)13(23)14(24)12(10)22)16-8-7(17(30)29-16)15(28-18(8)31)5-1-3-6(4-2-5)19(25,26)27;20-10-5-8(6-11(21)14(10)22)16-13-12(17(28)27-16)15(26-18(13)29)7-1-3-9(4-2-7)19(23,24)25;20-10-5-8(6-11(21)14(10)22)16-13-12(17(28)27-16)15(26-18(13)29)7-2-1-3-9(4-7)19(23,24)25/h1-7,29-30H;1-4,28,31H;2*1-6,27-28H. The molecule has 0 aliphatic carbocycles.